The first-order chi connectivity index (χ1) is 12.0. The van der Waals surface area contributed by atoms with E-state index in [1.54, 1.807) is 18.2 Å². The van der Waals surface area contributed by atoms with Crippen LogP contribution in [0, 0.1) is 6.92 Å². The molecule has 2 heterocycles. The summed E-state index contributed by atoms with van der Waals surface area (Å²) in [6.07, 6.45) is 1.01. The summed E-state index contributed by atoms with van der Waals surface area (Å²) in [6.45, 7) is 0.274. The molecule has 1 aromatic carbocycles. The van der Waals surface area contributed by atoms with Crippen molar-refractivity contribution < 1.29 is 18.3 Å². The molecule has 5 nitrogen and oxygen atoms in total. The highest BCUT2D eigenvalue weighted by Crippen LogP contribution is 2.31. The lowest BCUT2D eigenvalue weighted by Gasteiger charge is -2.22. The molecule has 0 spiro atoms. The fourth-order valence-electron chi connectivity index (χ4n) is 2.94. The highest BCUT2D eigenvalue weighted by atomic mass is 32.1. The van der Waals surface area contributed by atoms with E-state index >= 15 is 0 Å². The maximum Gasteiger partial charge on any atom is 0.387 e. The van der Waals surface area contributed by atoms with Crippen molar-refractivity contribution in [3.05, 3.63) is 40.3 Å². The molecule has 0 bridgehead atoms. The van der Waals surface area contributed by atoms with Crippen LogP contribution in [0.25, 0.3) is 0 Å². The van der Waals surface area contributed by atoms with E-state index in [9.17, 15) is 13.6 Å². The van der Waals surface area contributed by atoms with Gasteiger partial charge in [0, 0.05) is 24.5 Å². The number of hydrogen-bond donors (Lipinski definition) is 1. The van der Waals surface area contributed by atoms with Crippen LogP contribution < -0.4 is 15.0 Å². The number of benzene rings is 1. The largest absolute Gasteiger partial charge is 0.433 e. The first-order valence-corrected chi connectivity index (χ1v) is 8.88. The van der Waals surface area contributed by atoms with Gasteiger partial charge in [-0.15, -0.1) is 11.3 Å². The lowest BCUT2D eigenvalue weighted by molar-refractivity contribution is -0.121. The SMILES string of the molecule is Cc1nc(CC(=O)NC2CCN(c3ccccc3OC(F)F)C2)cs1. The number of aromatic nitrogens is 1. The van der Waals surface area contributed by atoms with Gasteiger partial charge in [0.25, 0.3) is 0 Å². The number of anilines is 1. The van der Waals surface area contributed by atoms with Gasteiger partial charge in [-0.3, -0.25) is 4.79 Å². The molecule has 1 N–H and O–H groups in total. The van der Waals surface area contributed by atoms with Gasteiger partial charge >= 0.3 is 6.61 Å². The number of alkyl halides is 2. The summed E-state index contributed by atoms with van der Waals surface area (Å²) in [5.74, 6) is 0.0803. The Kier molecular flexibility index (Phi) is 5.47. The summed E-state index contributed by atoms with van der Waals surface area (Å²) < 4.78 is 29.7. The van der Waals surface area contributed by atoms with Crippen LogP contribution in [-0.4, -0.2) is 36.6 Å². The number of amides is 1. The van der Waals surface area contributed by atoms with Crippen LogP contribution in [-0.2, 0) is 11.2 Å². The standard InChI is InChI=1S/C17H19F2N3O2S/c1-11-20-13(10-25-11)8-16(23)21-12-6-7-22(9-12)14-4-2-3-5-15(14)24-17(18)19/h2-5,10,12,17H,6-9H2,1H3,(H,21,23). The molecule has 2 aromatic rings. The number of carbonyl (C=O) groups excluding carboxylic acids is 1. The monoisotopic (exact) mass is 367 g/mol. The van der Waals surface area contributed by atoms with E-state index < -0.39 is 6.61 Å². The third-order valence-corrected chi connectivity index (χ3v) is 4.81. The van der Waals surface area contributed by atoms with Gasteiger partial charge in [-0.05, 0) is 25.5 Å². The molecule has 1 amide bonds. The smallest absolute Gasteiger partial charge is 0.387 e. The number of para-hydroxylation sites is 2. The minimum Gasteiger partial charge on any atom is -0.433 e. The van der Waals surface area contributed by atoms with Crippen molar-refractivity contribution in [1.82, 2.24) is 10.3 Å². The van der Waals surface area contributed by atoms with Crippen LogP contribution in [0.2, 0.25) is 0 Å². The number of ether oxygens (including phenoxy) is 1. The lowest BCUT2D eigenvalue weighted by Crippen LogP contribution is -2.38. The average molecular weight is 367 g/mol. The molecule has 0 aliphatic carbocycles. The van der Waals surface area contributed by atoms with Crippen LogP contribution in [0.3, 0.4) is 0 Å². The van der Waals surface area contributed by atoms with Crippen molar-refractivity contribution in [3.63, 3.8) is 0 Å². The molecule has 1 aliphatic rings. The molecule has 1 saturated heterocycles. The number of hydrogen-bond acceptors (Lipinski definition) is 5. The Morgan fingerprint density at radius 2 is 2.28 bits per heavy atom. The van der Waals surface area contributed by atoms with Crippen LogP contribution in [0.15, 0.2) is 29.6 Å². The van der Waals surface area contributed by atoms with E-state index in [1.807, 2.05) is 17.2 Å². The van der Waals surface area contributed by atoms with E-state index in [2.05, 4.69) is 15.0 Å². The molecular formula is C17H19F2N3O2S. The molecule has 134 valence electrons. The molecule has 0 saturated carbocycles. The van der Waals surface area contributed by atoms with Gasteiger partial charge in [-0.25, -0.2) is 4.98 Å². The Morgan fingerprint density at radius 3 is 3.00 bits per heavy atom. The van der Waals surface area contributed by atoms with Crippen molar-refractivity contribution >= 4 is 22.9 Å². The molecule has 1 aromatic heterocycles. The van der Waals surface area contributed by atoms with E-state index in [0.29, 0.717) is 18.8 Å². The zero-order chi connectivity index (χ0) is 17.8. The van der Waals surface area contributed by atoms with Crippen molar-refractivity contribution in [2.24, 2.45) is 0 Å². The summed E-state index contributed by atoms with van der Waals surface area (Å²) in [4.78, 5) is 18.4. The maximum absolute atomic E-state index is 12.5. The second-order valence-electron chi connectivity index (χ2n) is 5.88. The van der Waals surface area contributed by atoms with Crippen LogP contribution >= 0.6 is 11.3 Å². The summed E-state index contributed by atoms with van der Waals surface area (Å²) in [5, 5.41) is 5.81. The molecule has 0 radical (unpaired) electrons. The second kappa shape index (κ2) is 7.77. The van der Waals surface area contributed by atoms with Crippen LogP contribution in [0.1, 0.15) is 17.1 Å². The number of carbonyl (C=O) groups is 1. The zero-order valence-corrected chi connectivity index (χ0v) is 14.6. The predicted molar refractivity (Wildman–Crippen MR) is 92.4 cm³/mol. The van der Waals surface area contributed by atoms with Gasteiger partial charge in [-0.1, -0.05) is 12.1 Å². The quantitative estimate of drug-likeness (QED) is 0.853. The third-order valence-electron chi connectivity index (χ3n) is 3.98. The van der Waals surface area contributed by atoms with Crippen LogP contribution in [0.5, 0.6) is 5.75 Å². The molecule has 3 rings (SSSR count). The Labute approximate surface area is 148 Å². The van der Waals surface area contributed by atoms with E-state index in [-0.39, 0.29) is 24.1 Å². The Hall–Kier alpha value is -2.22. The highest BCUT2D eigenvalue weighted by Gasteiger charge is 2.26. The summed E-state index contributed by atoms with van der Waals surface area (Å²) in [7, 11) is 0. The van der Waals surface area contributed by atoms with Gasteiger partial charge < -0.3 is 15.0 Å². The molecular weight excluding hydrogens is 348 g/mol. The van der Waals surface area contributed by atoms with E-state index in [4.69, 9.17) is 0 Å². The predicted octanol–water partition coefficient (Wildman–Crippen LogP) is 2.99. The van der Waals surface area contributed by atoms with Crippen LogP contribution in [0.4, 0.5) is 14.5 Å². The van der Waals surface area contributed by atoms with Gasteiger partial charge in [-0.2, -0.15) is 8.78 Å². The molecule has 1 fully saturated rings. The molecule has 8 heteroatoms. The lowest BCUT2D eigenvalue weighted by atomic mass is 10.2. The van der Waals surface area contributed by atoms with Crippen molar-refractivity contribution in [1.29, 1.82) is 0 Å². The maximum atomic E-state index is 12.5. The first-order valence-electron chi connectivity index (χ1n) is 8.00. The van der Waals surface area contributed by atoms with Crippen molar-refractivity contribution in [2.75, 3.05) is 18.0 Å². The summed E-state index contributed by atoms with van der Waals surface area (Å²) >= 11 is 1.52. The van der Waals surface area contributed by atoms with Gasteiger partial charge in [0.1, 0.15) is 5.75 Å². The number of nitrogens with one attached hydrogen (secondary N) is 1. The number of aryl methyl sites for hydroxylation is 1. The minimum absolute atomic E-state index is 0.0214. The Balaban J connectivity index is 1.57. The normalized spacial score (nSPS) is 17.1. The second-order valence-corrected chi connectivity index (χ2v) is 6.94. The fraction of sp³-hybridized carbons (Fsp3) is 0.412. The topological polar surface area (TPSA) is 54.5 Å². The summed E-state index contributed by atoms with van der Waals surface area (Å²) in [5.41, 5.74) is 1.39. The molecule has 25 heavy (non-hydrogen) atoms. The summed E-state index contributed by atoms with van der Waals surface area (Å²) in [6, 6.07) is 6.70. The molecule has 1 atom stereocenters. The molecule has 1 unspecified atom stereocenters. The van der Waals surface area contributed by atoms with Crippen molar-refractivity contribution in [2.45, 2.75) is 32.4 Å². The zero-order valence-electron chi connectivity index (χ0n) is 13.7. The van der Waals surface area contributed by atoms with Gasteiger partial charge in [0.2, 0.25) is 5.91 Å². The van der Waals surface area contributed by atoms with Gasteiger partial charge in [0.15, 0.2) is 0 Å². The average Bonchev–Trinajstić information content (AvgIpc) is 3.16. The van der Waals surface area contributed by atoms with E-state index in [0.717, 1.165) is 17.1 Å². The van der Waals surface area contributed by atoms with Crippen molar-refractivity contribution in [3.8, 4) is 5.75 Å². The number of halogens is 2. The number of nitrogens with zero attached hydrogens (tertiary/aromatic N) is 2. The van der Waals surface area contributed by atoms with Gasteiger partial charge in [0.05, 0.1) is 22.8 Å². The Morgan fingerprint density at radius 1 is 1.48 bits per heavy atom. The Bertz CT molecular complexity index is 738. The number of rotatable bonds is 6. The number of thiazole rings is 1. The highest BCUT2D eigenvalue weighted by molar-refractivity contribution is 7.09. The minimum atomic E-state index is -2.86. The first kappa shape index (κ1) is 17.6. The third kappa shape index (κ3) is 4.66. The molecule has 1 aliphatic heterocycles. The fourth-order valence-corrected chi connectivity index (χ4v) is 3.56. The van der Waals surface area contributed by atoms with E-state index in [1.165, 1.54) is 17.4 Å².